The molecular formula is C11H12F2O3. The van der Waals surface area contributed by atoms with Gasteiger partial charge in [-0.2, -0.15) is 8.78 Å². The number of carbonyl (C=O) groups is 1. The molecule has 0 radical (unpaired) electrons. The van der Waals surface area contributed by atoms with E-state index in [9.17, 15) is 13.6 Å². The monoisotopic (exact) mass is 230 g/mol. The van der Waals surface area contributed by atoms with Gasteiger partial charge in [-0.05, 0) is 18.2 Å². The number of carbonyl (C=O) groups excluding carboxylic acids is 1. The molecule has 0 spiro atoms. The Labute approximate surface area is 92.0 Å². The van der Waals surface area contributed by atoms with Crippen molar-refractivity contribution in [3.63, 3.8) is 0 Å². The maximum atomic E-state index is 12.0. The first-order valence-electron chi connectivity index (χ1n) is 4.74. The number of ether oxygens (including phenoxy) is 2. The number of Topliss-reactive ketones (excluding diaryl/α,β-unsaturated/α-hetero) is 1. The zero-order valence-corrected chi connectivity index (χ0v) is 9.00. The van der Waals surface area contributed by atoms with E-state index in [2.05, 4.69) is 4.74 Å². The van der Waals surface area contributed by atoms with Gasteiger partial charge in [0.05, 0.1) is 12.7 Å². The number of methoxy groups -OCH3 is 1. The van der Waals surface area contributed by atoms with Crippen LogP contribution < -0.4 is 9.47 Å². The minimum atomic E-state index is -2.90. The van der Waals surface area contributed by atoms with E-state index in [0.717, 1.165) is 0 Å². The minimum absolute atomic E-state index is 0.0485. The first-order chi connectivity index (χ1) is 7.58. The summed E-state index contributed by atoms with van der Waals surface area (Å²) < 4.78 is 33.1. The third-order valence-electron chi connectivity index (χ3n) is 2.02. The van der Waals surface area contributed by atoms with Gasteiger partial charge in [-0.25, -0.2) is 0 Å². The van der Waals surface area contributed by atoms with E-state index in [-0.39, 0.29) is 23.5 Å². The van der Waals surface area contributed by atoms with Crippen molar-refractivity contribution >= 4 is 5.78 Å². The molecule has 0 amide bonds. The van der Waals surface area contributed by atoms with Crippen molar-refractivity contribution in [2.24, 2.45) is 0 Å². The van der Waals surface area contributed by atoms with E-state index in [1.54, 1.807) is 6.92 Å². The molecule has 1 aromatic carbocycles. The van der Waals surface area contributed by atoms with Crippen LogP contribution in [0.3, 0.4) is 0 Å². The first kappa shape index (κ1) is 12.4. The van der Waals surface area contributed by atoms with E-state index in [0.29, 0.717) is 5.75 Å². The lowest BCUT2D eigenvalue weighted by atomic mass is 10.1. The largest absolute Gasteiger partial charge is 0.496 e. The van der Waals surface area contributed by atoms with Crippen molar-refractivity contribution in [3.8, 4) is 11.5 Å². The van der Waals surface area contributed by atoms with Gasteiger partial charge < -0.3 is 9.47 Å². The first-order valence-corrected chi connectivity index (χ1v) is 4.74. The van der Waals surface area contributed by atoms with Crippen LogP contribution in [0.5, 0.6) is 11.5 Å². The quantitative estimate of drug-likeness (QED) is 0.729. The molecule has 0 saturated heterocycles. The average Bonchev–Trinajstić information content (AvgIpc) is 2.27. The molecule has 3 nitrogen and oxygen atoms in total. The predicted molar refractivity (Wildman–Crippen MR) is 54.2 cm³/mol. The third-order valence-corrected chi connectivity index (χ3v) is 2.02. The molecule has 0 fully saturated rings. The molecule has 0 N–H and O–H groups in total. The number of benzene rings is 1. The second kappa shape index (κ2) is 5.44. The van der Waals surface area contributed by atoms with Crippen LogP contribution in [0.1, 0.15) is 23.7 Å². The number of alkyl halides is 2. The van der Waals surface area contributed by atoms with Crippen LogP contribution in [0.4, 0.5) is 8.78 Å². The van der Waals surface area contributed by atoms with Crippen molar-refractivity contribution in [1.29, 1.82) is 0 Å². The Hall–Kier alpha value is -1.65. The highest BCUT2D eigenvalue weighted by Gasteiger charge is 2.13. The van der Waals surface area contributed by atoms with Crippen molar-refractivity contribution in [2.45, 2.75) is 20.0 Å². The molecule has 0 unspecified atom stereocenters. The molecule has 0 aliphatic carbocycles. The Morgan fingerprint density at radius 1 is 1.44 bits per heavy atom. The lowest BCUT2D eigenvalue weighted by molar-refractivity contribution is -0.0499. The maximum Gasteiger partial charge on any atom is 0.387 e. The number of hydrogen-bond donors (Lipinski definition) is 0. The van der Waals surface area contributed by atoms with Gasteiger partial charge in [-0.15, -0.1) is 0 Å². The second-order valence-corrected chi connectivity index (χ2v) is 3.02. The molecule has 1 aromatic rings. The molecule has 1 rings (SSSR count). The van der Waals surface area contributed by atoms with Crippen LogP contribution in [0.2, 0.25) is 0 Å². The average molecular weight is 230 g/mol. The normalized spacial score (nSPS) is 10.3. The van der Waals surface area contributed by atoms with Gasteiger partial charge in [0.25, 0.3) is 0 Å². The lowest BCUT2D eigenvalue weighted by Gasteiger charge is -2.09. The van der Waals surface area contributed by atoms with E-state index in [1.165, 1.54) is 25.3 Å². The van der Waals surface area contributed by atoms with E-state index < -0.39 is 6.61 Å². The van der Waals surface area contributed by atoms with Crippen molar-refractivity contribution < 1.29 is 23.0 Å². The number of rotatable bonds is 5. The van der Waals surface area contributed by atoms with Crippen LogP contribution in [-0.2, 0) is 0 Å². The van der Waals surface area contributed by atoms with Crippen molar-refractivity contribution in [3.05, 3.63) is 23.8 Å². The van der Waals surface area contributed by atoms with Crippen molar-refractivity contribution in [2.75, 3.05) is 7.11 Å². The summed E-state index contributed by atoms with van der Waals surface area (Å²) in [4.78, 5) is 11.5. The summed E-state index contributed by atoms with van der Waals surface area (Å²) in [5.41, 5.74) is 0.253. The molecule has 0 saturated carbocycles. The zero-order chi connectivity index (χ0) is 12.1. The molecule has 88 valence electrons. The summed E-state index contributed by atoms with van der Waals surface area (Å²) in [7, 11) is 1.41. The van der Waals surface area contributed by atoms with E-state index in [4.69, 9.17) is 4.74 Å². The Morgan fingerprint density at radius 3 is 2.62 bits per heavy atom. The molecule has 0 aromatic heterocycles. The summed E-state index contributed by atoms with van der Waals surface area (Å²) in [6, 6.07) is 4.02. The van der Waals surface area contributed by atoms with Crippen LogP contribution in [0, 0.1) is 0 Å². The summed E-state index contributed by atoms with van der Waals surface area (Å²) in [5, 5.41) is 0. The summed E-state index contributed by atoms with van der Waals surface area (Å²) >= 11 is 0. The second-order valence-electron chi connectivity index (χ2n) is 3.02. The van der Waals surface area contributed by atoms with Crippen molar-refractivity contribution in [1.82, 2.24) is 0 Å². The fourth-order valence-corrected chi connectivity index (χ4v) is 1.27. The van der Waals surface area contributed by atoms with Crippen LogP contribution in [0.25, 0.3) is 0 Å². The zero-order valence-electron chi connectivity index (χ0n) is 9.00. The molecule has 0 aliphatic rings. The fourth-order valence-electron chi connectivity index (χ4n) is 1.27. The Balaban J connectivity index is 3.06. The van der Waals surface area contributed by atoms with Gasteiger partial charge in [0, 0.05) is 6.42 Å². The topological polar surface area (TPSA) is 35.5 Å². The fraction of sp³-hybridized carbons (Fsp3) is 0.364. The predicted octanol–water partition coefficient (Wildman–Crippen LogP) is 2.89. The van der Waals surface area contributed by atoms with Gasteiger partial charge in [0.1, 0.15) is 11.5 Å². The lowest BCUT2D eigenvalue weighted by Crippen LogP contribution is -2.05. The van der Waals surface area contributed by atoms with Gasteiger partial charge in [-0.3, -0.25) is 4.79 Å². The van der Waals surface area contributed by atoms with E-state index >= 15 is 0 Å². The van der Waals surface area contributed by atoms with Crippen LogP contribution >= 0.6 is 0 Å². The molecule has 5 heteroatoms. The summed E-state index contributed by atoms with van der Waals surface area (Å²) in [6.45, 7) is -1.22. The van der Waals surface area contributed by atoms with Gasteiger partial charge in [0.15, 0.2) is 5.78 Å². The molecular weight excluding hydrogens is 218 g/mol. The molecule has 0 bridgehead atoms. The Kier molecular flexibility index (Phi) is 4.22. The highest BCUT2D eigenvalue weighted by Crippen LogP contribution is 2.26. The van der Waals surface area contributed by atoms with Gasteiger partial charge >= 0.3 is 6.61 Å². The smallest absolute Gasteiger partial charge is 0.387 e. The highest BCUT2D eigenvalue weighted by molar-refractivity contribution is 5.98. The molecule has 16 heavy (non-hydrogen) atoms. The van der Waals surface area contributed by atoms with Crippen LogP contribution in [0.15, 0.2) is 18.2 Å². The minimum Gasteiger partial charge on any atom is -0.496 e. The summed E-state index contributed by atoms with van der Waals surface area (Å²) in [5.74, 6) is 0.123. The molecule has 0 aliphatic heterocycles. The standard InChI is InChI=1S/C11H12F2O3/c1-3-9(14)8-6-7(16-11(12)13)4-5-10(8)15-2/h4-6,11H,3H2,1-2H3. The van der Waals surface area contributed by atoms with E-state index in [1.807, 2.05) is 0 Å². The molecule has 0 atom stereocenters. The van der Waals surface area contributed by atoms with Gasteiger partial charge in [0.2, 0.25) is 0 Å². The third kappa shape index (κ3) is 2.92. The molecule has 0 heterocycles. The Morgan fingerprint density at radius 2 is 2.12 bits per heavy atom. The van der Waals surface area contributed by atoms with Gasteiger partial charge in [-0.1, -0.05) is 6.92 Å². The maximum absolute atomic E-state index is 12.0. The van der Waals surface area contributed by atoms with Crippen LogP contribution in [-0.4, -0.2) is 19.5 Å². The number of hydrogen-bond acceptors (Lipinski definition) is 3. The number of halogens is 2. The highest BCUT2D eigenvalue weighted by atomic mass is 19.3. The Bertz CT molecular complexity index is 377. The number of ketones is 1. The SMILES string of the molecule is CCC(=O)c1cc(OC(F)F)ccc1OC. The summed E-state index contributed by atoms with van der Waals surface area (Å²) in [6.07, 6.45) is 0.272.